The minimum absolute atomic E-state index is 0.128. The van der Waals surface area contributed by atoms with Crippen LogP contribution in [0.5, 0.6) is 0 Å². The van der Waals surface area contributed by atoms with Gasteiger partial charge in [0.15, 0.2) is 0 Å². The second-order valence-corrected chi connectivity index (χ2v) is 8.56. The van der Waals surface area contributed by atoms with Gasteiger partial charge in [-0.1, -0.05) is 78.9 Å². The molecule has 2 N–H and O–H groups in total. The van der Waals surface area contributed by atoms with Crippen LogP contribution in [0.4, 0.5) is 4.79 Å². The number of nitrogens with zero attached hydrogens (tertiary/aromatic N) is 2. The summed E-state index contributed by atoms with van der Waals surface area (Å²) in [7, 11) is 0. The molecule has 0 aliphatic rings. The molecule has 0 radical (unpaired) electrons. The van der Waals surface area contributed by atoms with Crippen molar-refractivity contribution >= 4 is 12.0 Å². The smallest absolute Gasteiger partial charge is 0.408 e. The van der Waals surface area contributed by atoms with Crippen molar-refractivity contribution in [3.8, 4) is 5.69 Å². The Morgan fingerprint density at radius 2 is 1.44 bits per heavy atom. The van der Waals surface area contributed by atoms with Gasteiger partial charge in [-0.15, -0.1) is 0 Å². The maximum absolute atomic E-state index is 13.2. The molecule has 4 aromatic rings. The van der Waals surface area contributed by atoms with Gasteiger partial charge < -0.3 is 15.4 Å². The Morgan fingerprint density at radius 3 is 2.08 bits per heavy atom. The molecule has 0 saturated heterocycles. The van der Waals surface area contributed by atoms with Crippen molar-refractivity contribution < 1.29 is 14.3 Å². The number of para-hydroxylation sites is 1. The molecular weight excluding hydrogens is 452 g/mol. The summed E-state index contributed by atoms with van der Waals surface area (Å²) < 4.78 is 7.23. The Hall–Kier alpha value is -4.39. The maximum Gasteiger partial charge on any atom is 0.408 e. The van der Waals surface area contributed by atoms with Gasteiger partial charge in [-0.05, 0) is 37.1 Å². The number of amides is 2. The van der Waals surface area contributed by atoms with Gasteiger partial charge in [0.25, 0.3) is 0 Å². The zero-order chi connectivity index (χ0) is 25.3. The summed E-state index contributed by atoms with van der Waals surface area (Å²) in [6.07, 6.45) is -0.298. The van der Waals surface area contributed by atoms with Crippen LogP contribution in [0, 0.1) is 13.8 Å². The van der Waals surface area contributed by atoms with Crippen LogP contribution in [0.15, 0.2) is 91.0 Å². The number of ether oxygens (including phenoxy) is 1. The van der Waals surface area contributed by atoms with Gasteiger partial charge in [0, 0.05) is 24.2 Å². The molecule has 0 aliphatic heterocycles. The van der Waals surface area contributed by atoms with E-state index in [4.69, 9.17) is 4.74 Å². The number of rotatable bonds is 9. The molecule has 36 heavy (non-hydrogen) atoms. The minimum Gasteiger partial charge on any atom is -0.445 e. The normalized spacial score (nSPS) is 11.5. The average Bonchev–Trinajstić information content (AvgIpc) is 3.20. The third-order valence-corrected chi connectivity index (χ3v) is 5.99. The Morgan fingerprint density at radius 1 is 0.861 bits per heavy atom. The highest BCUT2D eigenvalue weighted by molar-refractivity contribution is 5.86. The van der Waals surface area contributed by atoms with Crippen LogP contribution in [0.3, 0.4) is 0 Å². The van der Waals surface area contributed by atoms with Crippen molar-refractivity contribution in [2.24, 2.45) is 0 Å². The summed E-state index contributed by atoms with van der Waals surface area (Å²) in [6.45, 7) is 4.34. The molecule has 1 heterocycles. The molecule has 0 bridgehead atoms. The third kappa shape index (κ3) is 6.39. The molecule has 0 aliphatic carbocycles. The van der Waals surface area contributed by atoms with E-state index >= 15 is 0 Å². The largest absolute Gasteiger partial charge is 0.445 e. The second kappa shape index (κ2) is 11.8. The number of aromatic nitrogens is 2. The molecule has 1 aromatic heterocycles. The fourth-order valence-corrected chi connectivity index (χ4v) is 4.02. The Labute approximate surface area is 211 Å². The summed E-state index contributed by atoms with van der Waals surface area (Å²) in [5.74, 6) is -0.290. The van der Waals surface area contributed by atoms with Gasteiger partial charge in [0.05, 0.1) is 11.4 Å². The first kappa shape index (κ1) is 24.7. The van der Waals surface area contributed by atoms with E-state index in [1.165, 1.54) is 0 Å². The molecular formula is C29H30N4O3. The quantitative estimate of drug-likeness (QED) is 0.364. The number of benzene rings is 3. The van der Waals surface area contributed by atoms with E-state index in [2.05, 4.69) is 15.7 Å². The van der Waals surface area contributed by atoms with Crippen LogP contribution in [0.1, 0.15) is 28.1 Å². The highest BCUT2D eigenvalue weighted by Crippen LogP contribution is 2.18. The minimum atomic E-state index is -0.791. The third-order valence-electron chi connectivity index (χ3n) is 5.99. The molecule has 0 fully saturated rings. The van der Waals surface area contributed by atoms with Gasteiger partial charge in [-0.25, -0.2) is 9.48 Å². The Bertz CT molecular complexity index is 1290. The summed E-state index contributed by atoms with van der Waals surface area (Å²) in [5, 5.41) is 10.4. The molecule has 4 rings (SSSR count). The lowest BCUT2D eigenvalue weighted by atomic mass is 10.1. The van der Waals surface area contributed by atoms with E-state index in [1.807, 2.05) is 110 Å². The highest BCUT2D eigenvalue weighted by atomic mass is 16.5. The zero-order valence-corrected chi connectivity index (χ0v) is 20.5. The van der Waals surface area contributed by atoms with Gasteiger partial charge in [0.1, 0.15) is 12.6 Å². The van der Waals surface area contributed by atoms with Gasteiger partial charge in [-0.3, -0.25) is 4.79 Å². The number of aryl methyl sites for hydroxylation is 1. The van der Waals surface area contributed by atoms with E-state index < -0.39 is 12.1 Å². The SMILES string of the molecule is Cc1nn(-c2ccccc2)c(C)c1CNC(=O)C(Cc1ccccc1)NC(=O)OCc1ccccc1. The summed E-state index contributed by atoms with van der Waals surface area (Å²) in [4.78, 5) is 25.8. The average molecular weight is 483 g/mol. The van der Waals surface area contributed by atoms with E-state index in [0.717, 1.165) is 33.8 Å². The summed E-state index contributed by atoms with van der Waals surface area (Å²) in [5.41, 5.74) is 5.50. The molecule has 1 unspecified atom stereocenters. The lowest BCUT2D eigenvalue weighted by Crippen LogP contribution is -2.48. The molecule has 2 amide bonds. The van der Waals surface area contributed by atoms with E-state index in [-0.39, 0.29) is 12.5 Å². The second-order valence-electron chi connectivity index (χ2n) is 8.56. The van der Waals surface area contributed by atoms with E-state index in [1.54, 1.807) is 0 Å². The topological polar surface area (TPSA) is 85.3 Å². The van der Waals surface area contributed by atoms with E-state index in [0.29, 0.717) is 13.0 Å². The molecule has 0 spiro atoms. The monoisotopic (exact) mass is 482 g/mol. The van der Waals surface area contributed by atoms with Crippen molar-refractivity contribution in [3.63, 3.8) is 0 Å². The van der Waals surface area contributed by atoms with Gasteiger partial charge in [0.2, 0.25) is 5.91 Å². The predicted molar refractivity (Wildman–Crippen MR) is 139 cm³/mol. The Kier molecular flexibility index (Phi) is 8.13. The molecule has 7 heteroatoms. The summed E-state index contributed by atoms with van der Waals surface area (Å²) in [6, 6.07) is 28.1. The molecule has 0 saturated carbocycles. The highest BCUT2D eigenvalue weighted by Gasteiger charge is 2.23. The van der Waals surface area contributed by atoms with Crippen LogP contribution in [0.2, 0.25) is 0 Å². The van der Waals surface area contributed by atoms with Crippen LogP contribution >= 0.6 is 0 Å². The number of nitrogens with one attached hydrogen (secondary N) is 2. The molecule has 1 atom stereocenters. The maximum atomic E-state index is 13.2. The predicted octanol–water partition coefficient (Wildman–Crippen LogP) is 4.64. The van der Waals surface area contributed by atoms with Crippen molar-refractivity contribution in [1.82, 2.24) is 20.4 Å². The molecule has 7 nitrogen and oxygen atoms in total. The standard InChI is InChI=1S/C29H30N4O3/c1-21-26(22(2)33(32-21)25-16-10-5-11-17-25)19-30-28(34)27(18-23-12-6-3-7-13-23)31-29(35)36-20-24-14-8-4-9-15-24/h3-17,27H,18-20H2,1-2H3,(H,30,34)(H,31,35). The first-order chi connectivity index (χ1) is 17.5. The van der Waals surface area contributed by atoms with Crippen LogP contribution < -0.4 is 10.6 Å². The lowest BCUT2D eigenvalue weighted by Gasteiger charge is -2.19. The Balaban J connectivity index is 1.43. The fraction of sp³-hybridized carbons (Fsp3) is 0.207. The number of hydrogen-bond donors (Lipinski definition) is 2. The molecule has 184 valence electrons. The number of carbonyl (C=O) groups excluding carboxylic acids is 2. The van der Waals surface area contributed by atoms with Crippen molar-refractivity contribution in [1.29, 1.82) is 0 Å². The number of alkyl carbamates (subject to hydrolysis) is 1. The van der Waals surface area contributed by atoms with Crippen LogP contribution in [0.25, 0.3) is 5.69 Å². The number of hydrogen-bond acceptors (Lipinski definition) is 4. The lowest BCUT2D eigenvalue weighted by molar-refractivity contribution is -0.123. The first-order valence-corrected chi connectivity index (χ1v) is 11.9. The fourth-order valence-electron chi connectivity index (χ4n) is 4.02. The van der Waals surface area contributed by atoms with Crippen LogP contribution in [-0.4, -0.2) is 27.8 Å². The first-order valence-electron chi connectivity index (χ1n) is 11.9. The van der Waals surface area contributed by atoms with Gasteiger partial charge in [-0.2, -0.15) is 5.10 Å². The number of carbonyl (C=O) groups is 2. The zero-order valence-electron chi connectivity index (χ0n) is 20.5. The van der Waals surface area contributed by atoms with Crippen molar-refractivity contribution in [3.05, 3.63) is 119 Å². The summed E-state index contributed by atoms with van der Waals surface area (Å²) >= 11 is 0. The molecule has 3 aromatic carbocycles. The van der Waals surface area contributed by atoms with Crippen molar-refractivity contribution in [2.45, 2.75) is 39.5 Å². The van der Waals surface area contributed by atoms with E-state index in [9.17, 15) is 9.59 Å². The van der Waals surface area contributed by atoms with Crippen LogP contribution in [-0.2, 0) is 29.1 Å². The van der Waals surface area contributed by atoms with Crippen molar-refractivity contribution in [2.75, 3.05) is 0 Å². The van der Waals surface area contributed by atoms with Gasteiger partial charge >= 0.3 is 6.09 Å².